The average molecular weight is 220 g/mol. The Kier molecular flexibility index (Phi) is 4.19. The molecule has 0 unspecified atom stereocenters. The van der Waals surface area contributed by atoms with Gasteiger partial charge in [-0.3, -0.25) is 4.90 Å². The van der Waals surface area contributed by atoms with Crippen molar-refractivity contribution < 1.29 is 4.42 Å². The smallest absolute Gasteiger partial charge is 0.0947 e. The molecule has 0 spiro atoms. The molecular formula is C13H20N2O. The summed E-state index contributed by atoms with van der Waals surface area (Å²) >= 11 is 0. The Morgan fingerprint density at radius 3 is 2.94 bits per heavy atom. The first-order chi connectivity index (χ1) is 7.88. The summed E-state index contributed by atoms with van der Waals surface area (Å²) < 4.78 is 5.04. The lowest BCUT2D eigenvalue weighted by Crippen LogP contribution is -2.42. The Bertz CT molecular complexity index is 300. The zero-order valence-corrected chi connectivity index (χ0v) is 9.69. The predicted molar refractivity (Wildman–Crippen MR) is 65.2 cm³/mol. The van der Waals surface area contributed by atoms with Gasteiger partial charge in [0.05, 0.1) is 12.5 Å². The van der Waals surface area contributed by atoms with Gasteiger partial charge in [-0.05, 0) is 32.0 Å². The highest BCUT2D eigenvalue weighted by molar-refractivity contribution is 5.04. The molecular weight excluding hydrogens is 200 g/mol. The largest absolute Gasteiger partial charge is 0.472 e. The first-order valence-corrected chi connectivity index (χ1v) is 5.96. The molecule has 1 aliphatic rings. The normalized spacial score (nSPS) is 18.8. The summed E-state index contributed by atoms with van der Waals surface area (Å²) in [4.78, 5) is 2.45. The molecule has 0 aliphatic carbocycles. The zero-order chi connectivity index (χ0) is 11.2. The van der Waals surface area contributed by atoms with Crippen LogP contribution in [0.15, 0.2) is 35.7 Å². The van der Waals surface area contributed by atoms with E-state index in [-0.39, 0.29) is 0 Å². The van der Waals surface area contributed by atoms with E-state index in [0.29, 0.717) is 6.04 Å². The molecule has 1 N–H and O–H groups in total. The number of rotatable bonds is 5. The maximum Gasteiger partial charge on any atom is 0.0947 e. The Morgan fingerprint density at radius 1 is 1.50 bits per heavy atom. The molecule has 3 heteroatoms. The molecule has 1 aliphatic heterocycles. The van der Waals surface area contributed by atoms with Crippen LogP contribution in [0.4, 0.5) is 0 Å². The molecule has 0 atom stereocenters. The van der Waals surface area contributed by atoms with Gasteiger partial charge in [0.25, 0.3) is 0 Å². The number of furan rings is 1. The number of hydrogen-bond donors (Lipinski definition) is 1. The van der Waals surface area contributed by atoms with Crippen LogP contribution in [0, 0.1) is 0 Å². The van der Waals surface area contributed by atoms with Gasteiger partial charge in [-0.25, -0.2) is 0 Å². The van der Waals surface area contributed by atoms with E-state index >= 15 is 0 Å². The van der Waals surface area contributed by atoms with Crippen molar-refractivity contribution in [1.82, 2.24) is 10.2 Å². The summed E-state index contributed by atoms with van der Waals surface area (Å²) in [5, 5.41) is 3.57. The van der Waals surface area contributed by atoms with Crippen molar-refractivity contribution in [1.29, 1.82) is 0 Å². The number of piperidine rings is 1. The Morgan fingerprint density at radius 2 is 2.31 bits per heavy atom. The van der Waals surface area contributed by atoms with Gasteiger partial charge in [-0.2, -0.15) is 0 Å². The van der Waals surface area contributed by atoms with Crippen molar-refractivity contribution >= 4 is 0 Å². The molecule has 1 fully saturated rings. The monoisotopic (exact) mass is 220 g/mol. The van der Waals surface area contributed by atoms with Gasteiger partial charge in [0.15, 0.2) is 0 Å². The van der Waals surface area contributed by atoms with Gasteiger partial charge in [0.2, 0.25) is 0 Å². The molecule has 1 aromatic heterocycles. The minimum atomic E-state index is 0.649. The van der Waals surface area contributed by atoms with Gasteiger partial charge in [0, 0.05) is 24.7 Å². The summed E-state index contributed by atoms with van der Waals surface area (Å²) in [7, 11) is 0. The van der Waals surface area contributed by atoms with Crippen LogP contribution in [0.3, 0.4) is 0 Å². The Labute approximate surface area is 97.1 Å². The Balaban J connectivity index is 1.67. The average Bonchev–Trinajstić information content (AvgIpc) is 2.82. The third-order valence-electron chi connectivity index (χ3n) is 3.15. The van der Waals surface area contributed by atoms with Crippen LogP contribution >= 0.6 is 0 Å². The van der Waals surface area contributed by atoms with Gasteiger partial charge in [0.1, 0.15) is 0 Å². The van der Waals surface area contributed by atoms with Gasteiger partial charge in [-0.1, -0.05) is 6.08 Å². The van der Waals surface area contributed by atoms with Crippen LogP contribution < -0.4 is 5.32 Å². The van der Waals surface area contributed by atoms with Crippen LogP contribution in [0.25, 0.3) is 0 Å². The highest BCUT2D eigenvalue weighted by Crippen LogP contribution is 2.11. The molecule has 1 saturated heterocycles. The van der Waals surface area contributed by atoms with Crippen molar-refractivity contribution in [2.75, 3.05) is 19.6 Å². The number of likely N-dealkylation sites (tertiary alicyclic amines) is 1. The van der Waals surface area contributed by atoms with E-state index in [4.69, 9.17) is 4.42 Å². The second kappa shape index (κ2) is 5.87. The van der Waals surface area contributed by atoms with Gasteiger partial charge in [-0.15, -0.1) is 6.58 Å². The molecule has 0 bridgehead atoms. The lowest BCUT2D eigenvalue weighted by atomic mass is 10.0. The molecule has 0 aromatic carbocycles. The minimum absolute atomic E-state index is 0.649. The maximum absolute atomic E-state index is 5.04. The first kappa shape index (κ1) is 11.4. The van der Waals surface area contributed by atoms with E-state index in [0.717, 1.165) is 13.1 Å². The van der Waals surface area contributed by atoms with Crippen LogP contribution in [-0.2, 0) is 6.54 Å². The summed E-state index contributed by atoms with van der Waals surface area (Å²) in [5.74, 6) is 0. The van der Waals surface area contributed by atoms with Gasteiger partial charge >= 0.3 is 0 Å². The van der Waals surface area contributed by atoms with E-state index in [1.165, 1.54) is 31.5 Å². The SMILES string of the molecule is C=CCN1CCC(NCc2ccoc2)CC1. The summed E-state index contributed by atoms with van der Waals surface area (Å²) in [6.45, 7) is 8.07. The standard InChI is InChI=1S/C13H20N2O/c1-2-6-15-7-3-13(4-8-15)14-10-12-5-9-16-11-12/h2,5,9,11,13-14H,1,3-4,6-8,10H2. The first-order valence-electron chi connectivity index (χ1n) is 5.96. The number of nitrogens with zero attached hydrogens (tertiary/aromatic N) is 1. The van der Waals surface area contributed by atoms with Crippen molar-refractivity contribution in [3.05, 3.63) is 36.8 Å². The molecule has 2 rings (SSSR count). The maximum atomic E-state index is 5.04. The van der Waals surface area contributed by atoms with Crippen molar-refractivity contribution in [3.8, 4) is 0 Å². The van der Waals surface area contributed by atoms with Crippen LogP contribution in [0.1, 0.15) is 18.4 Å². The van der Waals surface area contributed by atoms with Crippen LogP contribution in [0.5, 0.6) is 0 Å². The molecule has 0 radical (unpaired) electrons. The summed E-state index contributed by atoms with van der Waals surface area (Å²) in [6.07, 6.45) is 7.97. The lowest BCUT2D eigenvalue weighted by molar-refractivity contribution is 0.214. The molecule has 2 heterocycles. The second-order valence-corrected chi connectivity index (χ2v) is 4.38. The van der Waals surface area contributed by atoms with Crippen molar-refractivity contribution in [3.63, 3.8) is 0 Å². The Hall–Kier alpha value is -1.06. The van der Waals surface area contributed by atoms with Gasteiger partial charge < -0.3 is 9.73 Å². The number of nitrogens with one attached hydrogen (secondary N) is 1. The van der Waals surface area contributed by atoms with Crippen molar-refractivity contribution in [2.24, 2.45) is 0 Å². The number of hydrogen-bond acceptors (Lipinski definition) is 3. The molecule has 0 saturated carbocycles. The fourth-order valence-corrected chi connectivity index (χ4v) is 2.16. The van der Waals surface area contributed by atoms with Crippen molar-refractivity contribution in [2.45, 2.75) is 25.4 Å². The summed E-state index contributed by atoms with van der Waals surface area (Å²) in [6, 6.07) is 2.66. The van der Waals surface area contributed by atoms with Crippen LogP contribution in [-0.4, -0.2) is 30.6 Å². The lowest BCUT2D eigenvalue weighted by Gasteiger charge is -2.31. The highest BCUT2D eigenvalue weighted by atomic mass is 16.3. The molecule has 1 aromatic rings. The molecule has 16 heavy (non-hydrogen) atoms. The quantitative estimate of drug-likeness (QED) is 0.770. The topological polar surface area (TPSA) is 28.4 Å². The van der Waals surface area contributed by atoms with Crippen LogP contribution in [0.2, 0.25) is 0 Å². The molecule has 3 nitrogen and oxygen atoms in total. The fourth-order valence-electron chi connectivity index (χ4n) is 2.16. The van der Waals surface area contributed by atoms with E-state index in [2.05, 4.69) is 16.8 Å². The third-order valence-corrected chi connectivity index (χ3v) is 3.15. The van der Waals surface area contributed by atoms with E-state index in [1.54, 1.807) is 12.5 Å². The minimum Gasteiger partial charge on any atom is -0.472 e. The van der Waals surface area contributed by atoms with E-state index in [9.17, 15) is 0 Å². The van der Waals surface area contributed by atoms with E-state index < -0.39 is 0 Å². The zero-order valence-electron chi connectivity index (χ0n) is 9.69. The third kappa shape index (κ3) is 3.22. The molecule has 0 amide bonds. The highest BCUT2D eigenvalue weighted by Gasteiger charge is 2.17. The fraction of sp³-hybridized carbons (Fsp3) is 0.538. The molecule has 88 valence electrons. The second-order valence-electron chi connectivity index (χ2n) is 4.38. The summed E-state index contributed by atoms with van der Waals surface area (Å²) in [5.41, 5.74) is 1.23. The van der Waals surface area contributed by atoms with E-state index in [1.807, 2.05) is 12.1 Å². The predicted octanol–water partition coefficient (Wildman–Crippen LogP) is 2.02.